The molecule has 0 radical (unpaired) electrons. The van der Waals surface area contributed by atoms with E-state index in [1.165, 1.54) is 6.07 Å². The third-order valence-electron chi connectivity index (χ3n) is 4.39. The fraction of sp³-hybridized carbons (Fsp3) is 0. The number of carbonyl (C=O) groups is 3. The zero-order valence-electron chi connectivity index (χ0n) is 13.0. The monoisotopic (exact) mass is 328 g/mol. The molecule has 0 amide bonds. The smallest absolute Gasteiger partial charge is 0.337 e. The van der Waals surface area contributed by atoms with E-state index in [1.54, 1.807) is 60.7 Å². The number of fused-ring (bicyclic) bond motifs is 3. The highest BCUT2D eigenvalue weighted by Crippen LogP contribution is 2.39. The number of ketones is 2. The lowest BCUT2D eigenvalue weighted by molar-refractivity contribution is 0.0689. The molecule has 0 spiro atoms. The van der Waals surface area contributed by atoms with Crippen molar-refractivity contribution in [1.82, 2.24) is 0 Å². The van der Waals surface area contributed by atoms with Gasteiger partial charge in [-0.1, -0.05) is 60.7 Å². The van der Waals surface area contributed by atoms with Crippen LogP contribution in [0, 0.1) is 0 Å². The minimum atomic E-state index is -1.28. The van der Waals surface area contributed by atoms with E-state index in [4.69, 9.17) is 0 Å². The van der Waals surface area contributed by atoms with E-state index in [2.05, 4.69) is 0 Å². The highest BCUT2D eigenvalue weighted by Gasteiger charge is 2.34. The van der Waals surface area contributed by atoms with Crippen molar-refractivity contribution in [2.24, 2.45) is 0 Å². The molecule has 3 aromatic rings. The summed E-state index contributed by atoms with van der Waals surface area (Å²) in [5.41, 5.74) is 1.99. The van der Waals surface area contributed by atoms with Crippen LogP contribution in [-0.2, 0) is 0 Å². The second kappa shape index (κ2) is 5.53. The molecule has 0 saturated carbocycles. The van der Waals surface area contributed by atoms with Gasteiger partial charge in [-0.3, -0.25) is 9.59 Å². The largest absolute Gasteiger partial charge is 0.478 e. The van der Waals surface area contributed by atoms with E-state index in [9.17, 15) is 19.5 Å². The average molecular weight is 328 g/mol. The van der Waals surface area contributed by atoms with Gasteiger partial charge in [-0.2, -0.15) is 0 Å². The molecule has 0 aromatic heterocycles. The fourth-order valence-corrected chi connectivity index (χ4v) is 3.27. The Kier molecular flexibility index (Phi) is 3.32. The molecule has 3 aromatic carbocycles. The maximum atomic E-state index is 12.8. The summed E-state index contributed by atoms with van der Waals surface area (Å²) in [6.07, 6.45) is 0. The average Bonchev–Trinajstić information content (AvgIpc) is 2.94. The van der Waals surface area contributed by atoms with Crippen molar-refractivity contribution in [1.29, 1.82) is 0 Å². The van der Waals surface area contributed by atoms with E-state index >= 15 is 0 Å². The molecule has 0 heterocycles. The molecule has 1 N–H and O–H groups in total. The Balaban J connectivity index is 1.97. The lowest BCUT2D eigenvalue weighted by atomic mass is 9.91. The first kappa shape index (κ1) is 15.0. The van der Waals surface area contributed by atoms with Crippen molar-refractivity contribution < 1.29 is 19.5 Å². The number of hydrogen-bond donors (Lipinski definition) is 1. The lowest BCUT2D eigenvalue weighted by Gasteiger charge is -2.10. The van der Waals surface area contributed by atoms with Gasteiger partial charge in [-0.15, -0.1) is 0 Å². The molecule has 1 aliphatic carbocycles. The maximum Gasteiger partial charge on any atom is 0.337 e. The Morgan fingerprint density at radius 3 is 2.04 bits per heavy atom. The van der Waals surface area contributed by atoms with Gasteiger partial charge in [0.15, 0.2) is 11.6 Å². The standard InChI is InChI=1S/C21H12O4/c22-19(12-6-2-1-3-7-12)16-11-10-14-13-8-4-5-9-15(13)20(23)17(14)18(16)21(24)25/h1-11H,(H,24,25). The summed E-state index contributed by atoms with van der Waals surface area (Å²) < 4.78 is 0. The van der Waals surface area contributed by atoms with E-state index in [0.29, 0.717) is 22.3 Å². The molecule has 0 fully saturated rings. The van der Waals surface area contributed by atoms with Crippen LogP contribution in [-0.4, -0.2) is 22.6 Å². The number of benzene rings is 3. The van der Waals surface area contributed by atoms with E-state index in [1.807, 2.05) is 0 Å². The summed E-state index contributed by atoms with van der Waals surface area (Å²) in [5.74, 6) is -2.05. The van der Waals surface area contributed by atoms with Crippen LogP contribution in [0.5, 0.6) is 0 Å². The van der Waals surface area contributed by atoms with E-state index in [-0.39, 0.29) is 22.5 Å². The number of hydrogen-bond acceptors (Lipinski definition) is 3. The number of aromatic carboxylic acids is 1. The highest BCUT2D eigenvalue weighted by atomic mass is 16.4. The molecule has 4 heteroatoms. The molecule has 1 aliphatic rings. The van der Waals surface area contributed by atoms with Crippen LogP contribution in [0.2, 0.25) is 0 Å². The quantitative estimate of drug-likeness (QED) is 0.580. The number of carbonyl (C=O) groups excluding carboxylic acids is 2. The van der Waals surface area contributed by atoms with Gasteiger partial charge in [0.05, 0.1) is 5.56 Å². The molecule has 4 nitrogen and oxygen atoms in total. The van der Waals surface area contributed by atoms with Crippen LogP contribution in [0.3, 0.4) is 0 Å². The molecule has 0 bridgehead atoms. The fourth-order valence-electron chi connectivity index (χ4n) is 3.27. The third-order valence-corrected chi connectivity index (χ3v) is 4.39. The second-order valence-electron chi connectivity index (χ2n) is 5.79. The second-order valence-corrected chi connectivity index (χ2v) is 5.79. The number of carboxylic acids is 1. The molecule has 25 heavy (non-hydrogen) atoms. The summed E-state index contributed by atoms with van der Waals surface area (Å²) >= 11 is 0. The van der Waals surface area contributed by atoms with Crippen LogP contribution in [0.4, 0.5) is 0 Å². The molecule has 0 unspecified atom stereocenters. The molecular formula is C21H12O4. The number of carboxylic acid groups (broad SMARTS) is 1. The van der Waals surface area contributed by atoms with Crippen LogP contribution in [0.1, 0.15) is 42.2 Å². The van der Waals surface area contributed by atoms with Crippen molar-refractivity contribution in [2.45, 2.75) is 0 Å². The predicted molar refractivity (Wildman–Crippen MR) is 92.1 cm³/mol. The molecule has 4 rings (SSSR count). The van der Waals surface area contributed by atoms with Crippen LogP contribution >= 0.6 is 0 Å². The van der Waals surface area contributed by atoms with Crippen LogP contribution in [0.25, 0.3) is 11.1 Å². The summed E-state index contributed by atoms with van der Waals surface area (Å²) in [4.78, 5) is 37.4. The zero-order valence-corrected chi connectivity index (χ0v) is 13.0. The molecule has 0 atom stereocenters. The third kappa shape index (κ3) is 2.19. The normalized spacial score (nSPS) is 11.8. The minimum Gasteiger partial charge on any atom is -0.478 e. The molecule has 120 valence electrons. The van der Waals surface area contributed by atoms with E-state index in [0.717, 1.165) is 0 Å². The molecule has 0 aliphatic heterocycles. The first-order valence-electron chi connectivity index (χ1n) is 7.73. The Labute approximate surface area is 143 Å². The van der Waals surface area contributed by atoms with Gasteiger partial charge in [-0.25, -0.2) is 4.79 Å². The molecule has 0 saturated heterocycles. The number of rotatable bonds is 3. The van der Waals surface area contributed by atoms with Gasteiger partial charge in [0.25, 0.3) is 0 Å². The van der Waals surface area contributed by atoms with Gasteiger partial charge >= 0.3 is 5.97 Å². The predicted octanol–water partition coefficient (Wildman–Crippen LogP) is 3.83. The van der Waals surface area contributed by atoms with Crippen molar-refractivity contribution in [3.8, 4) is 11.1 Å². The summed E-state index contributed by atoms with van der Waals surface area (Å²) in [5, 5.41) is 9.72. The maximum absolute atomic E-state index is 12.8. The van der Waals surface area contributed by atoms with Crippen molar-refractivity contribution in [2.75, 3.05) is 0 Å². The van der Waals surface area contributed by atoms with Crippen molar-refractivity contribution in [3.05, 3.63) is 94.5 Å². The zero-order chi connectivity index (χ0) is 17.6. The summed E-state index contributed by atoms with van der Waals surface area (Å²) in [6, 6.07) is 18.6. The van der Waals surface area contributed by atoms with Crippen LogP contribution < -0.4 is 0 Å². The Morgan fingerprint density at radius 2 is 1.36 bits per heavy atom. The Hall–Kier alpha value is -3.53. The summed E-state index contributed by atoms with van der Waals surface area (Å²) in [7, 11) is 0. The lowest BCUT2D eigenvalue weighted by Crippen LogP contribution is -2.14. The van der Waals surface area contributed by atoms with Gasteiger partial charge in [0.2, 0.25) is 0 Å². The topological polar surface area (TPSA) is 71.4 Å². The van der Waals surface area contributed by atoms with Crippen molar-refractivity contribution in [3.63, 3.8) is 0 Å². The summed E-state index contributed by atoms with van der Waals surface area (Å²) in [6.45, 7) is 0. The first-order valence-corrected chi connectivity index (χ1v) is 7.73. The van der Waals surface area contributed by atoms with Gasteiger partial charge in [0, 0.05) is 22.3 Å². The van der Waals surface area contributed by atoms with Gasteiger partial charge in [-0.05, 0) is 17.2 Å². The minimum absolute atomic E-state index is 0.0265. The SMILES string of the molecule is O=C(c1ccccc1)c1ccc2c(c1C(=O)O)C(=O)c1ccccc1-2. The van der Waals surface area contributed by atoms with E-state index < -0.39 is 11.8 Å². The van der Waals surface area contributed by atoms with Gasteiger partial charge in [0.1, 0.15) is 0 Å². The first-order chi connectivity index (χ1) is 12.1. The van der Waals surface area contributed by atoms with Crippen LogP contribution in [0.15, 0.2) is 66.7 Å². The van der Waals surface area contributed by atoms with Crippen molar-refractivity contribution >= 4 is 17.5 Å². The Bertz CT molecular complexity index is 1050. The van der Waals surface area contributed by atoms with Gasteiger partial charge < -0.3 is 5.11 Å². The highest BCUT2D eigenvalue weighted by molar-refractivity contribution is 6.28. The molecular weight excluding hydrogens is 316 g/mol. The Morgan fingerprint density at radius 1 is 0.720 bits per heavy atom.